The van der Waals surface area contributed by atoms with Gasteiger partial charge in [-0.15, -0.1) is 0 Å². The van der Waals surface area contributed by atoms with Crippen molar-refractivity contribution in [2.24, 2.45) is 0 Å². The molecule has 0 aliphatic carbocycles. The van der Waals surface area contributed by atoms with Crippen molar-refractivity contribution >= 4 is 17.9 Å². The van der Waals surface area contributed by atoms with E-state index in [0.29, 0.717) is 37.1 Å². The highest BCUT2D eigenvalue weighted by molar-refractivity contribution is 6.31. The second kappa shape index (κ2) is 8.66. The quantitative estimate of drug-likeness (QED) is 0.524. The van der Waals surface area contributed by atoms with Gasteiger partial charge in [0.1, 0.15) is 11.5 Å². The van der Waals surface area contributed by atoms with Gasteiger partial charge in [-0.3, -0.25) is 4.79 Å². The summed E-state index contributed by atoms with van der Waals surface area (Å²) in [5.41, 5.74) is 3.59. The summed E-state index contributed by atoms with van der Waals surface area (Å²) in [7, 11) is 0. The van der Waals surface area contributed by atoms with Crippen LogP contribution in [0.2, 0.25) is 5.15 Å². The fourth-order valence-electron chi connectivity index (χ4n) is 3.01. The van der Waals surface area contributed by atoms with Crippen LogP contribution in [-0.4, -0.2) is 15.8 Å². The van der Waals surface area contributed by atoms with Gasteiger partial charge in [0.15, 0.2) is 11.4 Å². The molecule has 0 amide bonds. The Kier molecular flexibility index (Phi) is 4.87. The maximum atomic E-state index is 11.5. The Labute approximate surface area is 168 Å². The molecule has 5 heteroatoms. The lowest BCUT2D eigenvalue weighted by atomic mass is 9.99. The molecule has 0 aliphatic heterocycles. The van der Waals surface area contributed by atoms with Crippen LogP contribution in [0.1, 0.15) is 51.2 Å². The van der Waals surface area contributed by atoms with E-state index in [4.69, 9.17) is 15.7 Å². The molecule has 0 saturated carbocycles. The van der Waals surface area contributed by atoms with Crippen LogP contribution >= 0.6 is 11.6 Å². The van der Waals surface area contributed by atoms with Gasteiger partial charge in [0.25, 0.3) is 0 Å². The third-order valence-electron chi connectivity index (χ3n) is 4.38. The molecular formula is C22H20ClN3O. The normalized spacial score (nSPS) is 12.7. The molecule has 0 spiro atoms. The van der Waals surface area contributed by atoms with Crippen LogP contribution < -0.4 is 0 Å². The molecule has 1 heterocycles. The van der Waals surface area contributed by atoms with Gasteiger partial charge in [0.05, 0.1) is 11.6 Å². The number of carbonyl (C=O) groups excluding carboxylic acids is 1. The number of rotatable bonds is 7. The minimum atomic E-state index is -2.00. The molecule has 0 bridgehead atoms. The molecule has 0 radical (unpaired) electrons. The van der Waals surface area contributed by atoms with Crippen molar-refractivity contribution in [3.63, 3.8) is 0 Å². The molecule has 0 fully saturated rings. The van der Waals surface area contributed by atoms with Crippen LogP contribution in [0.25, 0.3) is 11.1 Å². The SMILES string of the molecule is [2H]C([2H])([2H])CCCc1nc(Cl)c(C=O)n1Cc1ccc(-c2ccccc2C#N)cc1. The van der Waals surface area contributed by atoms with E-state index in [1.807, 2.05) is 42.5 Å². The van der Waals surface area contributed by atoms with E-state index in [1.165, 1.54) is 0 Å². The zero-order valence-electron chi connectivity index (χ0n) is 17.7. The Morgan fingerprint density at radius 3 is 2.74 bits per heavy atom. The van der Waals surface area contributed by atoms with Crippen molar-refractivity contribution < 1.29 is 8.91 Å². The van der Waals surface area contributed by atoms with Gasteiger partial charge in [-0.25, -0.2) is 4.98 Å². The minimum absolute atomic E-state index is 0.0703. The van der Waals surface area contributed by atoms with E-state index >= 15 is 0 Å². The number of hydrogen-bond donors (Lipinski definition) is 0. The number of halogens is 1. The Morgan fingerprint density at radius 1 is 1.26 bits per heavy atom. The van der Waals surface area contributed by atoms with Gasteiger partial charge in [-0.05, 0) is 29.2 Å². The predicted octanol–water partition coefficient (Wildman–Crippen LogP) is 5.28. The topological polar surface area (TPSA) is 58.7 Å². The predicted molar refractivity (Wildman–Crippen MR) is 107 cm³/mol. The number of aldehydes is 1. The molecule has 0 unspecified atom stereocenters. The third-order valence-corrected chi connectivity index (χ3v) is 4.66. The highest BCUT2D eigenvalue weighted by Crippen LogP contribution is 2.25. The average molecular weight is 381 g/mol. The highest BCUT2D eigenvalue weighted by Gasteiger charge is 2.15. The number of hydrogen-bond acceptors (Lipinski definition) is 3. The fraction of sp³-hybridized carbons (Fsp3) is 0.227. The lowest BCUT2D eigenvalue weighted by Gasteiger charge is -2.11. The standard InChI is InChI=1S/C22H20ClN3O/c1-2-3-8-21-25-22(23)20(15-27)26(21)14-16-9-11-17(12-10-16)19-7-5-4-6-18(19)13-24/h4-7,9-12,15H,2-3,8,14H2,1H3/i1D3. The van der Waals surface area contributed by atoms with Crippen molar-refractivity contribution in [1.29, 1.82) is 5.26 Å². The number of imidazole rings is 1. The Morgan fingerprint density at radius 2 is 2.04 bits per heavy atom. The second-order valence-corrected chi connectivity index (χ2v) is 6.47. The molecule has 2 aromatic carbocycles. The second-order valence-electron chi connectivity index (χ2n) is 6.12. The van der Waals surface area contributed by atoms with Crippen LogP contribution in [-0.2, 0) is 13.0 Å². The Bertz CT molecular complexity index is 1080. The smallest absolute Gasteiger partial charge is 0.169 e. The van der Waals surface area contributed by atoms with Crippen molar-refractivity contribution in [1.82, 2.24) is 9.55 Å². The molecule has 0 N–H and O–H groups in total. The minimum Gasteiger partial charge on any atom is -0.320 e. The maximum absolute atomic E-state index is 11.5. The maximum Gasteiger partial charge on any atom is 0.169 e. The first kappa shape index (κ1) is 15.2. The molecule has 136 valence electrons. The van der Waals surface area contributed by atoms with Crippen molar-refractivity contribution in [2.45, 2.75) is 32.7 Å². The number of benzene rings is 2. The lowest BCUT2D eigenvalue weighted by molar-refractivity contribution is 0.111. The summed E-state index contributed by atoms with van der Waals surface area (Å²) in [5.74, 6) is 0.588. The summed E-state index contributed by atoms with van der Waals surface area (Å²) in [6, 6.07) is 17.3. The molecule has 3 rings (SSSR count). The number of carbonyl (C=O) groups is 1. The van der Waals surface area contributed by atoms with E-state index in [9.17, 15) is 10.1 Å². The van der Waals surface area contributed by atoms with Gasteiger partial charge >= 0.3 is 0 Å². The monoisotopic (exact) mass is 380 g/mol. The first-order chi connectivity index (χ1) is 14.3. The van der Waals surface area contributed by atoms with E-state index in [-0.39, 0.29) is 17.3 Å². The van der Waals surface area contributed by atoms with Crippen molar-refractivity contribution in [3.05, 3.63) is 76.3 Å². The zero-order valence-corrected chi connectivity index (χ0v) is 15.4. The van der Waals surface area contributed by atoms with E-state index in [2.05, 4.69) is 11.1 Å². The van der Waals surface area contributed by atoms with E-state index in [1.54, 1.807) is 10.6 Å². The van der Waals surface area contributed by atoms with Crippen LogP contribution in [0.5, 0.6) is 0 Å². The number of aryl methyl sites for hydroxylation is 1. The molecule has 0 aliphatic rings. The first-order valence-electron chi connectivity index (χ1n) is 10.1. The van der Waals surface area contributed by atoms with E-state index in [0.717, 1.165) is 16.7 Å². The molecule has 4 nitrogen and oxygen atoms in total. The van der Waals surface area contributed by atoms with Gasteiger partial charge in [-0.1, -0.05) is 67.3 Å². The number of nitriles is 1. The van der Waals surface area contributed by atoms with Gasteiger partial charge in [-0.2, -0.15) is 5.26 Å². The highest BCUT2D eigenvalue weighted by atomic mass is 35.5. The van der Waals surface area contributed by atoms with Crippen LogP contribution in [0.15, 0.2) is 48.5 Å². The lowest BCUT2D eigenvalue weighted by Crippen LogP contribution is -2.08. The Balaban J connectivity index is 1.83. The summed E-state index contributed by atoms with van der Waals surface area (Å²) < 4.78 is 23.7. The molecule has 27 heavy (non-hydrogen) atoms. The van der Waals surface area contributed by atoms with Gasteiger partial charge < -0.3 is 4.57 Å². The number of nitrogens with zero attached hydrogens (tertiary/aromatic N) is 3. The zero-order chi connectivity index (χ0) is 21.7. The van der Waals surface area contributed by atoms with Crippen molar-refractivity contribution in [3.8, 4) is 17.2 Å². The summed E-state index contributed by atoms with van der Waals surface area (Å²) in [6.45, 7) is -1.61. The van der Waals surface area contributed by atoms with Gasteiger partial charge in [0, 0.05) is 17.1 Å². The van der Waals surface area contributed by atoms with Crippen LogP contribution in [0, 0.1) is 11.3 Å². The largest absolute Gasteiger partial charge is 0.320 e. The Hall–Kier alpha value is -2.90. The average Bonchev–Trinajstić information content (AvgIpc) is 3.01. The fourth-order valence-corrected chi connectivity index (χ4v) is 3.26. The van der Waals surface area contributed by atoms with Crippen molar-refractivity contribution in [2.75, 3.05) is 0 Å². The third kappa shape index (κ3) is 4.10. The molecule has 0 saturated heterocycles. The van der Waals surface area contributed by atoms with Gasteiger partial charge in [0.2, 0.25) is 0 Å². The summed E-state index contributed by atoms with van der Waals surface area (Å²) in [5, 5.41) is 9.42. The molecule has 3 aromatic rings. The molecule has 1 aromatic heterocycles. The molecular weight excluding hydrogens is 358 g/mol. The van der Waals surface area contributed by atoms with Crippen LogP contribution in [0.3, 0.4) is 0 Å². The summed E-state index contributed by atoms with van der Waals surface area (Å²) in [4.78, 5) is 15.8. The molecule has 0 atom stereocenters. The number of aromatic nitrogens is 2. The van der Waals surface area contributed by atoms with E-state index < -0.39 is 6.85 Å². The summed E-state index contributed by atoms with van der Waals surface area (Å²) in [6.07, 6.45) is 1.58. The first-order valence-corrected chi connectivity index (χ1v) is 8.98. The van der Waals surface area contributed by atoms with Crippen LogP contribution in [0.4, 0.5) is 0 Å². The summed E-state index contributed by atoms with van der Waals surface area (Å²) >= 11 is 6.12.